The van der Waals surface area contributed by atoms with Crippen LogP contribution in [0.25, 0.3) is 0 Å². The highest BCUT2D eigenvalue weighted by Crippen LogP contribution is 2.30. The summed E-state index contributed by atoms with van der Waals surface area (Å²) in [6.45, 7) is 15.5. The lowest BCUT2D eigenvalue weighted by Crippen LogP contribution is -2.23. The molecule has 1 unspecified atom stereocenters. The predicted octanol–water partition coefficient (Wildman–Crippen LogP) is 4.21. The first-order valence-electron chi connectivity index (χ1n) is 6.41. The first-order valence-corrected chi connectivity index (χ1v) is 6.41. The van der Waals surface area contributed by atoms with Gasteiger partial charge in [0.25, 0.3) is 0 Å². The van der Waals surface area contributed by atoms with Gasteiger partial charge in [-0.1, -0.05) is 12.5 Å². The van der Waals surface area contributed by atoms with Gasteiger partial charge in [0.15, 0.2) is 0 Å². The SMILES string of the molecule is C=C(C)CC(NCCC)c1c(C)oc(C)c1C. The van der Waals surface area contributed by atoms with Crippen LogP contribution in [0.15, 0.2) is 16.6 Å². The molecule has 1 N–H and O–H groups in total. The predicted molar refractivity (Wildman–Crippen MR) is 73.4 cm³/mol. The third-order valence-electron chi connectivity index (χ3n) is 3.16. The van der Waals surface area contributed by atoms with Crippen LogP contribution in [-0.4, -0.2) is 6.54 Å². The normalized spacial score (nSPS) is 12.8. The molecule has 1 aromatic heterocycles. The van der Waals surface area contributed by atoms with Gasteiger partial charge >= 0.3 is 0 Å². The molecule has 17 heavy (non-hydrogen) atoms. The molecule has 0 fully saturated rings. The molecule has 1 atom stereocenters. The van der Waals surface area contributed by atoms with Crippen molar-refractivity contribution in [2.45, 2.75) is 53.5 Å². The van der Waals surface area contributed by atoms with Gasteiger partial charge < -0.3 is 9.73 Å². The molecule has 1 rings (SSSR count). The third-order valence-corrected chi connectivity index (χ3v) is 3.16. The Labute approximate surface area is 105 Å². The van der Waals surface area contributed by atoms with Gasteiger partial charge in [-0.3, -0.25) is 0 Å². The van der Waals surface area contributed by atoms with Crippen LogP contribution in [0.2, 0.25) is 0 Å². The monoisotopic (exact) mass is 235 g/mol. The fourth-order valence-corrected chi connectivity index (χ4v) is 2.26. The largest absolute Gasteiger partial charge is 0.466 e. The first kappa shape index (κ1) is 14.0. The number of aryl methyl sites for hydroxylation is 2. The van der Waals surface area contributed by atoms with Crippen molar-refractivity contribution in [2.75, 3.05) is 6.54 Å². The van der Waals surface area contributed by atoms with Crippen molar-refractivity contribution >= 4 is 0 Å². The minimum Gasteiger partial charge on any atom is -0.466 e. The van der Waals surface area contributed by atoms with E-state index in [2.05, 4.69) is 32.7 Å². The van der Waals surface area contributed by atoms with Crippen molar-refractivity contribution in [1.29, 1.82) is 0 Å². The quantitative estimate of drug-likeness (QED) is 0.747. The molecule has 1 aromatic rings. The summed E-state index contributed by atoms with van der Waals surface area (Å²) >= 11 is 0. The second-order valence-corrected chi connectivity index (χ2v) is 4.92. The molecule has 0 aromatic carbocycles. The second kappa shape index (κ2) is 6.06. The summed E-state index contributed by atoms with van der Waals surface area (Å²) in [5.41, 5.74) is 3.80. The van der Waals surface area contributed by atoms with Crippen molar-refractivity contribution in [3.05, 3.63) is 34.8 Å². The summed E-state index contributed by atoms with van der Waals surface area (Å²) in [6, 6.07) is 0.338. The number of nitrogens with one attached hydrogen (secondary N) is 1. The van der Waals surface area contributed by atoms with E-state index < -0.39 is 0 Å². The highest BCUT2D eigenvalue weighted by molar-refractivity contribution is 5.35. The van der Waals surface area contributed by atoms with Gasteiger partial charge in [0.05, 0.1) is 0 Å². The van der Waals surface area contributed by atoms with Gasteiger partial charge in [0, 0.05) is 11.6 Å². The fraction of sp³-hybridized carbons (Fsp3) is 0.600. The Kier molecular flexibility index (Phi) is 5.01. The zero-order chi connectivity index (χ0) is 13.0. The third kappa shape index (κ3) is 3.47. The zero-order valence-corrected chi connectivity index (χ0v) is 11.8. The summed E-state index contributed by atoms with van der Waals surface area (Å²) in [6.07, 6.45) is 2.11. The van der Waals surface area contributed by atoms with E-state index in [0.717, 1.165) is 30.9 Å². The van der Waals surface area contributed by atoms with Gasteiger partial charge in [-0.2, -0.15) is 0 Å². The Morgan fingerprint density at radius 2 is 1.94 bits per heavy atom. The Bertz CT molecular complexity index is 390. The molecule has 0 aliphatic carbocycles. The molecular formula is C15H25NO. The number of rotatable bonds is 6. The lowest BCUT2D eigenvalue weighted by atomic mass is 9.96. The minimum absolute atomic E-state index is 0.338. The van der Waals surface area contributed by atoms with Crippen molar-refractivity contribution in [3.8, 4) is 0 Å². The maximum absolute atomic E-state index is 5.72. The minimum atomic E-state index is 0.338. The molecule has 0 saturated heterocycles. The van der Waals surface area contributed by atoms with Crippen LogP contribution >= 0.6 is 0 Å². The fourth-order valence-electron chi connectivity index (χ4n) is 2.26. The second-order valence-electron chi connectivity index (χ2n) is 4.92. The van der Waals surface area contributed by atoms with Gasteiger partial charge in [0.2, 0.25) is 0 Å². The van der Waals surface area contributed by atoms with E-state index >= 15 is 0 Å². The average molecular weight is 235 g/mol. The Balaban J connectivity index is 2.98. The molecule has 0 saturated carbocycles. The zero-order valence-electron chi connectivity index (χ0n) is 11.8. The van der Waals surface area contributed by atoms with Crippen LogP contribution in [0.1, 0.15) is 55.4 Å². The summed E-state index contributed by atoms with van der Waals surface area (Å²) < 4.78 is 5.72. The molecule has 1 heterocycles. The number of furan rings is 1. The maximum Gasteiger partial charge on any atom is 0.106 e. The molecule has 0 amide bonds. The van der Waals surface area contributed by atoms with Crippen LogP contribution in [0, 0.1) is 20.8 Å². The first-order chi connectivity index (χ1) is 7.97. The standard InChI is InChI=1S/C15H25NO/c1-7-8-16-14(9-10(2)3)15-11(4)12(5)17-13(15)6/h14,16H,2,7-9H2,1,3-6H3. The highest BCUT2D eigenvalue weighted by Gasteiger charge is 2.20. The van der Waals surface area contributed by atoms with Crippen molar-refractivity contribution in [1.82, 2.24) is 5.32 Å². The lowest BCUT2D eigenvalue weighted by Gasteiger charge is -2.19. The van der Waals surface area contributed by atoms with E-state index in [4.69, 9.17) is 4.42 Å². The summed E-state index contributed by atoms with van der Waals surface area (Å²) in [5, 5.41) is 3.59. The van der Waals surface area contributed by atoms with Gasteiger partial charge in [-0.05, 0) is 52.6 Å². The van der Waals surface area contributed by atoms with Crippen LogP contribution < -0.4 is 5.32 Å². The van der Waals surface area contributed by atoms with Crippen molar-refractivity contribution in [2.24, 2.45) is 0 Å². The van der Waals surface area contributed by atoms with Gasteiger partial charge in [-0.25, -0.2) is 0 Å². The molecule has 96 valence electrons. The van der Waals surface area contributed by atoms with E-state index in [9.17, 15) is 0 Å². The Morgan fingerprint density at radius 1 is 1.29 bits per heavy atom. The summed E-state index contributed by atoms with van der Waals surface area (Å²) in [7, 11) is 0. The molecule has 0 bridgehead atoms. The summed E-state index contributed by atoms with van der Waals surface area (Å²) in [5.74, 6) is 2.07. The van der Waals surface area contributed by atoms with Gasteiger partial charge in [0.1, 0.15) is 11.5 Å². The van der Waals surface area contributed by atoms with Crippen LogP contribution in [-0.2, 0) is 0 Å². The van der Waals surface area contributed by atoms with Gasteiger partial charge in [-0.15, -0.1) is 6.58 Å². The van der Waals surface area contributed by atoms with Crippen LogP contribution in [0.4, 0.5) is 0 Å². The molecule has 2 nitrogen and oxygen atoms in total. The topological polar surface area (TPSA) is 25.2 Å². The number of hydrogen-bond donors (Lipinski definition) is 1. The van der Waals surface area contributed by atoms with E-state index in [1.807, 2.05) is 13.8 Å². The Morgan fingerprint density at radius 3 is 2.35 bits per heavy atom. The maximum atomic E-state index is 5.72. The highest BCUT2D eigenvalue weighted by atomic mass is 16.3. The van der Waals surface area contributed by atoms with Crippen LogP contribution in [0.3, 0.4) is 0 Å². The molecule has 2 heteroatoms. The van der Waals surface area contributed by atoms with Crippen LogP contribution in [0.5, 0.6) is 0 Å². The van der Waals surface area contributed by atoms with E-state index in [1.165, 1.54) is 16.7 Å². The molecule has 0 aliphatic rings. The smallest absolute Gasteiger partial charge is 0.106 e. The average Bonchev–Trinajstić information content (AvgIpc) is 2.48. The summed E-state index contributed by atoms with van der Waals surface area (Å²) in [4.78, 5) is 0. The van der Waals surface area contributed by atoms with E-state index in [0.29, 0.717) is 6.04 Å². The van der Waals surface area contributed by atoms with Crippen molar-refractivity contribution < 1.29 is 4.42 Å². The lowest BCUT2D eigenvalue weighted by molar-refractivity contribution is 0.480. The molecule has 0 spiro atoms. The van der Waals surface area contributed by atoms with E-state index in [1.54, 1.807) is 0 Å². The van der Waals surface area contributed by atoms with Crippen molar-refractivity contribution in [3.63, 3.8) is 0 Å². The molecular weight excluding hydrogens is 210 g/mol. The number of hydrogen-bond acceptors (Lipinski definition) is 2. The molecule has 0 aliphatic heterocycles. The molecule has 0 radical (unpaired) electrons. The Hall–Kier alpha value is -1.02. The van der Waals surface area contributed by atoms with E-state index in [-0.39, 0.29) is 0 Å².